The molecule has 6 nitrogen and oxygen atoms in total. The second-order valence-corrected chi connectivity index (χ2v) is 9.66. The molecule has 4 rings (SSSR count). The minimum Gasteiger partial charge on any atom is -0.492 e. The van der Waals surface area contributed by atoms with Crippen molar-refractivity contribution in [1.29, 1.82) is 0 Å². The van der Waals surface area contributed by atoms with Gasteiger partial charge in [0.2, 0.25) is 0 Å². The second kappa shape index (κ2) is 9.71. The summed E-state index contributed by atoms with van der Waals surface area (Å²) in [6, 6.07) is 17.5. The van der Waals surface area contributed by atoms with Crippen molar-refractivity contribution in [2.24, 2.45) is 0 Å². The maximum Gasteiger partial charge on any atom is 0.306 e. The van der Waals surface area contributed by atoms with Crippen LogP contribution in [0.25, 0.3) is 10.8 Å². The summed E-state index contributed by atoms with van der Waals surface area (Å²) in [6.07, 6.45) is 4.84. The van der Waals surface area contributed by atoms with Gasteiger partial charge >= 0.3 is 10.1 Å². The Hall–Kier alpha value is -2.90. The second-order valence-electron chi connectivity index (χ2n) is 8.08. The number of carbonyl (C=O) groups is 1. The molecule has 0 unspecified atom stereocenters. The SMILES string of the molecule is CS(=O)(=O)Oc1ccc2c(C(=O)c3ccc(OCCN4CCCCC4)cc3)cccc2c1. The first-order chi connectivity index (χ1) is 15.4. The molecule has 0 spiro atoms. The van der Waals surface area contributed by atoms with Gasteiger partial charge in [-0.2, -0.15) is 8.42 Å². The van der Waals surface area contributed by atoms with Crippen LogP contribution in [0, 0.1) is 0 Å². The molecule has 3 aromatic rings. The highest BCUT2D eigenvalue weighted by Crippen LogP contribution is 2.27. The van der Waals surface area contributed by atoms with Gasteiger partial charge in [-0.1, -0.05) is 24.6 Å². The van der Waals surface area contributed by atoms with Crippen LogP contribution in [0.15, 0.2) is 60.7 Å². The fraction of sp³-hybridized carbons (Fsp3) is 0.320. The van der Waals surface area contributed by atoms with Crippen molar-refractivity contribution in [2.75, 3.05) is 32.5 Å². The largest absolute Gasteiger partial charge is 0.492 e. The fourth-order valence-corrected chi connectivity index (χ4v) is 4.47. The molecule has 0 N–H and O–H groups in total. The normalized spacial score (nSPS) is 14.9. The highest BCUT2D eigenvalue weighted by atomic mass is 32.2. The number of benzene rings is 3. The van der Waals surface area contributed by atoms with Crippen LogP contribution in [0.3, 0.4) is 0 Å². The quantitative estimate of drug-likeness (QED) is 0.375. The molecule has 1 aliphatic heterocycles. The molecule has 168 valence electrons. The average Bonchev–Trinajstić information content (AvgIpc) is 2.78. The Balaban J connectivity index is 1.45. The van der Waals surface area contributed by atoms with E-state index in [-0.39, 0.29) is 11.5 Å². The van der Waals surface area contributed by atoms with Crippen LogP contribution < -0.4 is 8.92 Å². The van der Waals surface area contributed by atoms with Crippen molar-refractivity contribution < 1.29 is 22.1 Å². The lowest BCUT2D eigenvalue weighted by Crippen LogP contribution is -2.33. The predicted octanol–water partition coefficient (Wildman–Crippen LogP) is 4.27. The van der Waals surface area contributed by atoms with Crippen molar-refractivity contribution in [1.82, 2.24) is 4.90 Å². The molecular weight excluding hydrogens is 426 g/mol. The summed E-state index contributed by atoms with van der Waals surface area (Å²) in [4.78, 5) is 15.6. The summed E-state index contributed by atoms with van der Waals surface area (Å²) in [5.74, 6) is 0.863. The average molecular weight is 454 g/mol. The van der Waals surface area contributed by atoms with Crippen molar-refractivity contribution in [3.63, 3.8) is 0 Å². The van der Waals surface area contributed by atoms with Gasteiger partial charge in [-0.15, -0.1) is 0 Å². The number of hydrogen-bond donors (Lipinski definition) is 0. The highest BCUT2D eigenvalue weighted by molar-refractivity contribution is 7.86. The number of piperidine rings is 1. The molecule has 1 fully saturated rings. The first-order valence-electron chi connectivity index (χ1n) is 10.8. The van der Waals surface area contributed by atoms with Crippen LogP contribution in [0.2, 0.25) is 0 Å². The number of likely N-dealkylation sites (tertiary alicyclic amines) is 1. The number of hydrogen-bond acceptors (Lipinski definition) is 6. The van der Waals surface area contributed by atoms with Gasteiger partial charge in [0.1, 0.15) is 18.1 Å². The Bertz CT molecular complexity index is 1200. The summed E-state index contributed by atoms with van der Waals surface area (Å²) in [7, 11) is -3.61. The molecule has 1 aliphatic rings. The molecule has 0 amide bonds. The van der Waals surface area contributed by atoms with Gasteiger partial charge in [0, 0.05) is 17.7 Å². The first kappa shape index (κ1) is 22.3. The van der Waals surface area contributed by atoms with Crippen LogP contribution in [0.1, 0.15) is 35.2 Å². The van der Waals surface area contributed by atoms with E-state index in [1.165, 1.54) is 19.3 Å². The van der Waals surface area contributed by atoms with E-state index < -0.39 is 10.1 Å². The Labute approximate surface area is 188 Å². The van der Waals surface area contributed by atoms with Crippen molar-refractivity contribution in [2.45, 2.75) is 19.3 Å². The lowest BCUT2D eigenvalue weighted by molar-refractivity contribution is 0.104. The van der Waals surface area contributed by atoms with Crippen LogP contribution >= 0.6 is 0 Å². The lowest BCUT2D eigenvalue weighted by Gasteiger charge is -2.26. The van der Waals surface area contributed by atoms with Gasteiger partial charge in [0.15, 0.2) is 5.78 Å². The summed E-state index contributed by atoms with van der Waals surface area (Å²) >= 11 is 0. The first-order valence-corrected chi connectivity index (χ1v) is 12.6. The van der Waals surface area contributed by atoms with Crippen molar-refractivity contribution >= 4 is 26.7 Å². The fourth-order valence-electron chi connectivity index (χ4n) is 4.02. The Morgan fingerprint density at radius 3 is 2.38 bits per heavy atom. The van der Waals surface area contributed by atoms with Gasteiger partial charge in [-0.3, -0.25) is 9.69 Å². The number of nitrogens with zero attached hydrogens (tertiary/aromatic N) is 1. The van der Waals surface area contributed by atoms with Gasteiger partial charge in [-0.05, 0) is 79.2 Å². The molecule has 0 bridgehead atoms. The van der Waals surface area contributed by atoms with E-state index in [0.29, 0.717) is 17.7 Å². The van der Waals surface area contributed by atoms with Gasteiger partial charge < -0.3 is 8.92 Å². The van der Waals surface area contributed by atoms with E-state index in [2.05, 4.69) is 4.90 Å². The van der Waals surface area contributed by atoms with E-state index in [0.717, 1.165) is 42.4 Å². The summed E-state index contributed by atoms with van der Waals surface area (Å²) in [6.45, 7) is 3.84. The molecule has 3 aromatic carbocycles. The Morgan fingerprint density at radius 2 is 1.66 bits per heavy atom. The Kier molecular flexibility index (Phi) is 6.77. The lowest BCUT2D eigenvalue weighted by atomic mass is 9.97. The minimum atomic E-state index is -3.61. The molecule has 1 saturated heterocycles. The van der Waals surface area contributed by atoms with Crippen LogP contribution in [0.5, 0.6) is 11.5 Å². The summed E-state index contributed by atoms with van der Waals surface area (Å²) < 4.78 is 33.6. The summed E-state index contributed by atoms with van der Waals surface area (Å²) in [5.41, 5.74) is 1.12. The highest BCUT2D eigenvalue weighted by Gasteiger charge is 2.14. The zero-order valence-corrected chi connectivity index (χ0v) is 18.9. The minimum absolute atomic E-state index is 0.104. The molecule has 7 heteroatoms. The molecule has 32 heavy (non-hydrogen) atoms. The van der Waals surface area contributed by atoms with Crippen LogP contribution in [0.4, 0.5) is 0 Å². The zero-order valence-electron chi connectivity index (χ0n) is 18.1. The van der Waals surface area contributed by atoms with Crippen molar-refractivity contribution in [3.05, 3.63) is 71.8 Å². The maximum absolute atomic E-state index is 13.1. The van der Waals surface area contributed by atoms with Crippen molar-refractivity contribution in [3.8, 4) is 11.5 Å². The third kappa shape index (κ3) is 5.66. The molecular formula is C25H27NO5S. The smallest absolute Gasteiger partial charge is 0.306 e. The summed E-state index contributed by atoms with van der Waals surface area (Å²) in [5, 5.41) is 1.47. The number of ether oxygens (including phenoxy) is 1. The predicted molar refractivity (Wildman–Crippen MR) is 125 cm³/mol. The van der Waals surface area contributed by atoms with E-state index in [4.69, 9.17) is 8.92 Å². The van der Waals surface area contributed by atoms with Gasteiger partial charge in [-0.25, -0.2) is 0 Å². The molecule has 1 heterocycles. The molecule has 0 saturated carbocycles. The molecule has 0 aromatic heterocycles. The van der Waals surface area contributed by atoms with Crippen LogP contribution in [-0.4, -0.2) is 51.6 Å². The van der Waals surface area contributed by atoms with Crippen LogP contribution in [-0.2, 0) is 10.1 Å². The molecule has 0 atom stereocenters. The molecule has 0 aliphatic carbocycles. The van der Waals surface area contributed by atoms with Gasteiger partial charge in [0.05, 0.1) is 6.26 Å². The third-order valence-corrected chi connectivity index (χ3v) is 6.08. The maximum atomic E-state index is 13.1. The number of carbonyl (C=O) groups excluding carboxylic acids is 1. The van der Waals surface area contributed by atoms with E-state index in [9.17, 15) is 13.2 Å². The van der Waals surface area contributed by atoms with E-state index in [1.807, 2.05) is 18.2 Å². The monoisotopic (exact) mass is 453 g/mol. The van der Waals surface area contributed by atoms with E-state index in [1.54, 1.807) is 42.5 Å². The molecule has 0 radical (unpaired) electrons. The standard InChI is InChI=1S/C25H27NO5S/c1-32(28,29)31-22-12-13-23-20(18-22)6-5-7-24(23)25(27)19-8-10-21(11-9-19)30-17-16-26-14-3-2-4-15-26/h5-13,18H,2-4,14-17H2,1H3. The number of ketones is 1. The van der Waals surface area contributed by atoms with E-state index >= 15 is 0 Å². The topological polar surface area (TPSA) is 72.9 Å². The zero-order chi connectivity index (χ0) is 22.6. The number of rotatable bonds is 8. The third-order valence-electron chi connectivity index (χ3n) is 5.59. The van der Waals surface area contributed by atoms with Gasteiger partial charge in [0.25, 0.3) is 0 Å². The Morgan fingerprint density at radius 1 is 0.938 bits per heavy atom. The number of fused-ring (bicyclic) bond motifs is 1.